The molecule has 1 atom stereocenters. The second-order valence-electron chi connectivity index (χ2n) is 6.67. The van der Waals surface area contributed by atoms with Gasteiger partial charge in [-0.25, -0.2) is 4.39 Å². The minimum absolute atomic E-state index is 0.0483. The zero-order chi connectivity index (χ0) is 16.8. The Kier molecular flexibility index (Phi) is 6.75. The Hall–Kier alpha value is -1.20. The average molecular weight is 328 g/mol. The zero-order valence-electron chi connectivity index (χ0n) is 13.4. The smallest absolute Gasteiger partial charge is 0.264 e. The lowest BCUT2D eigenvalue weighted by Crippen LogP contribution is -2.05. The fraction of sp³-hybridized carbons (Fsp3) is 0.529. The Morgan fingerprint density at radius 2 is 1.77 bits per heavy atom. The van der Waals surface area contributed by atoms with Crippen LogP contribution in [-0.4, -0.2) is 18.7 Å². The number of hydrogen-bond acceptors (Lipinski definition) is 2. The number of benzene rings is 1. The van der Waals surface area contributed by atoms with Crippen LogP contribution in [-0.2, 0) is 10.1 Å². The maximum atomic E-state index is 13.1. The second kappa shape index (κ2) is 7.88. The van der Waals surface area contributed by atoms with Crippen molar-refractivity contribution in [1.82, 2.24) is 0 Å². The molecule has 0 aromatic heterocycles. The van der Waals surface area contributed by atoms with Crippen molar-refractivity contribution in [3.8, 4) is 0 Å². The second-order valence-corrected chi connectivity index (χ2v) is 8.24. The van der Waals surface area contributed by atoms with Gasteiger partial charge in [0.1, 0.15) is 5.82 Å². The molecular weight excluding hydrogens is 303 g/mol. The third-order valence-electron chi connectivity index (χ3n) is 3.29. The summed E-state index contributed by atoms with van der Waals surface area (Å²) in [5.74, 6) is -0.374. The highest BCUT2D eigenvalue weighted by Gasteiger charge is 2.12. The summed E-state index contributed by atoms with van der Waals surface area (Å²) in [5.41, 5.74) is 1.06. The summed E-state index contributed by atoms with van der Waals surface area (Å²) >= 11 is 0. The van der Waals surface area contributed by atoms with Crippen LogP contribution in [0.2, 0.25) is 0 Å². The van der Waals surface area contributed by atoms with Gasteiger partial charge in [0, 0.05) is 5.92 Å². The molecule has 22 heavy (non-hydrogen) atoms. The molecule has 1 aromatic carbocycles. The molecule has 0 unspecified atom stereocenters. The van der Waals surface area contributed by atoms with E-state index in [1.807, 2.05) is 0 Å². The van der Waals surface area contributed by atoms with Crippen LogP contribution in [0.4, 0.5) is 4.39 Å². The molecule has 0 amide bonds. The van der Waals surface area contributed by atoms with Crippen LogP contribution in [0.5, 0.6) is 0 Å². The molecule has 0 saturated carbocycles. The van der Waals surface area contributed by atoms with Gasteiger partial charge in [0.15, 0.2) is 0 Å². The molecule has 0 bridgehead atoms. The van der Waals surface area contributed by atoms with Gasteiger partial charge in [0.05, 0.1) is 5.75 Å². The van der Waals surface area contributed by atoms with Crippen LogP contribution in [0.3, 0.4) is 0 Å². The molecule has 0 heterocycles. The summed E-state index contributed by atoms with van der Waals surface area (Å²) in [4.78, 5) is 0. The minimum atomic E-state index is -3.90. The molecule has 0 spiro atoms. The van der Waals surface area contributed by atoms with Crippen LogP contribution < -0.4 is 0 Å². The molecular formula is C17H25FO3S. The molecule has 0 aliphatic carbocycles. The van der Waals surface area contributed by atoms with E-state index in [1.54, 1.807) is 12.1 Å². The summed E-state index contributed by atoms with van der Waals surface area (Å²) in [6.07, 6.45) is 6.06. The number of allylic oxidation sites excluding steroid dienone is 2. The molecule has 1 aromatic rings. The van der Waals surface area contributed by atoms with E-state index >= 15 is 0 Å². The molecule has 1 N–H and O–H groups in total. The maximum Gasteiger partial charge on any atom is 0.264 e. The van der Waals surface area contributed by atoms with Crippen LogP contribution >= 0.6 is 0 Å². The van der Waals surface area contributed by atoms with Crippen molar-refractivity contribution in [2.45, 2.75) is 46.0 Å². The SMILES string of the molecule is CC(C)(C)/C=C/[C@@H](CCCCS(=O)(=O)O)c1ccc(F)cc1. The first kappa shape index (κ1) is 18.8. The molecule has 1 rings (SSSR count). The standard InChI is InChI=1S/C17H25FO3S/c1-17(2,3)12-11-14(6-4-5-13-22(19,20)21)15-7-9-16(18)10-8-15/h7-12,14H,4-6,13H2,1-3H3,(H,19,20,21)/b12-11+/t14-/m1/s1. The Balaban J connectivity index is 2.74. The topological polar surface area (TPSA) is 54.4 Å². The monoisotopic (exact) mass is 328 g/mol. The van der Waals surface area contributed by atoms with Gasteiger partial charge >= 0.3 is 0 Å². The van der Waals surface area contributed by atoms with Gasteiger partial charge in [0.2, 0.25) is 0 Å². The average Bonchev–Trinajstić information content (AvgIpc) is 2.37. The summed E-state index contributed by atoms with van der Waals surface area (Å²) in [6.45, 7) is 6.30. The third kappa shape index (κ3) is 8.29. The summed E-state index contributed by atoms with van der Waals surface area (Å²) < 4.78 is 43.3. The molecule has 0 fully saturated rings. The van der Waals surface area contributed by atoms with Crippen molar-refractivity contribution in [1.29, 1.82) is 0 Å². The van der Waals surface area contributed by atoms with Gasteiger partial charge in [-0.05, 0) is 36.0 Å². The van der Waals surface area contributed by atoms with Gasteiger partial charge in [-0.3, -0.25) is 4.55 Å². The first-order valence-electron chi connectivity index (χ1n) is 7.47. The fourth-order valence-electron chi connectivity index (χ4n) is 2.14. The zero-order valence-corrected chi connectivity index (χ0v) is 14.2. The number of unbranched alkanes of at least 4 members (excludes halogenated alkanes) is 1. The van der Waals surface area contributed by atoms with Crippen molar-refractivity contribution >= 4 is 10.1 Å². The predicted molar refractivity (Wildman–Crippen MR) is 88.0 cm³/mol. The number of rotatable bonds is 7. The third-order valence-corrected chi connectivity index (χ3v) is 4.10. The number of halogens is 1. The normalized spacial score (nSPS) is 14.4. The lowest BCUT2D eigenvalue weighted by atomic mass is 9.89. The van der Waals surface area contributed by atoms with E-state index in [1.165, 1.54) is 12.1 Å². The molecule has 0 aliphatic heterocycles. The first-order chi connectivity index (χ1) is 10.1. The van der Waals surface area contributed by atoms with Gasteiger partial charge in [0.25, 0.3) is 10.1 Å². The lowest BCUT2D eigenvalue weighted by Gasteiger charge is -2.17. The maximum absolute atomic E-state index is 13.1. The Morgan fingerprint density at radius 3 is 2.27 bits per heavy atom. The molecule has 0 aliphatic rings. The minimum Gasteiger partial charge on any atom is -0.286 e. The Labute approximate surface area is 133 Å². The summed E-state index contributed by atoms with van der Waals surface area (Å²) in [7, 11) is -3.90. The van der Waals surface area contributed by atoms with Crippen molar-refractivity contribution < 1.29 is 17.4 Å². The van der Waals surface area contributed by atoms with Gasteiger partial charge in [-0.2, -0.15) is 8.42 Å². The quantitative estimate of drug-likeness (QED) is 0.453. The van der Waals surface area contributed by atoms with E-state index in [-0.39, 0.29) is 22.9 Å². The van der Waals surface area contributed by atoms with Crippen molar-refractivity contribution in [2.75, 3.05) is 5.75 Å². The van der Waals surface area contributed by atoms with E-state index in [2.05, 4.69) is 32.9 Å². The molecule has 0 radical (unpaired) electrons. The predicted octanol–water partition coefficient (Wildman–Crippen LogP) is 4.57. The van der Waals surface area contributed by atoms with Crippen LogP contribution in [0.25, 0.3) is 0 Å². The van der Waals surface area contributed by atoms with Crippen molar-refractivity contribution in [3.63, 3.8) is 0 Å². The lowest BCUT2D eigenvalue weighted by molar-refractivity contribution is 0.479. The summed E-state index contributed by atoms with van der Waals surface area (Å²) in [5, 5.41) is 0. The van der Waals surface area contributed by atoms with Crippen molar-refractivity contribution in [2.24, 2.45) is 5.41 Å². The highest BCUT2D eigenvalue weighted by molar-refractivity contribution is 7.85. The first-order valence-corrected chi connectivity index (χ1v) is 9.08. The summed E-state index contributed by atoms with van der Waals surface area (Å²) in [6, 6.07) is 6.39. The van der Waals surface area contributed by atoms with Crippen LogP contribution in [0.15, 0.2) is 36.4 Å². The van der Waals surface area contributed by atoms with Crippen LogP contribution in [0.1, 0.15) is 51.5 Å². The molecule has 5 heteroatoms. The highest BCUT2D eigenvalue weighted by atomic mass is 32.2. The van der Waals surface area contributed by atoms with E-state index in [0.29, 0.717) is 12.8 Å². The molecule has 0 saturated heterocycles. The largest absolute Gasteiger partial charge is 0.286 e. The molecule has 124 valence electrons. The Morgan fingerprint density at radius 1 is 1.18 bits per heavy atom. The van der Waals surface area contributed by atoms with E-state index in [0.717, 1.165) is 12.0 Å². The van der Waals surface area contributed by atoms with E-state index < -0.39 is 10.1 Å². The van der Waals surface area contributed by atoms with Gasteiger partial charge < -0.3 is 0 Å². The Bertz CT molecular complexity index is 583. The molecule has 3 nitrogen and oxygen atoms in total. The van der Waals surface area contributed by atoms with Crippen molar-refractivity contribution in [3.05, 3.63) is 47.8 Å². The van der Waals surface area contributed by atoms with Gasteiger partial charge in [-0.15, -0.1) is 0 Å². The van der Waals surface area contributed by atoms with E-state index in [9.17, 15) is 12.8 Å². The fourth-order valence-corrected chi connectivity index (χ4v) is 2.71. The van der Waals surface area contributed by atoms with Gasteiger partial charge in [-0.1, -0.05) is 51.5 Å². The number of hydrogen-bond donors (Lipinski definition) is 1. The van der Waals surface area contributed by atoms with E-state index in [4.69, 9.17) is 4.55 Å². The van der Waals surface area contributed by atoms with Crippen LogP contribution in [0, 0.1) is 11.2 Å². The highest BCUT2D eigenvalue weighted by Crippen LogP contribution is 2.26.